The zero-order chi connectivity index (χ0) is 26.9. The van der Waals surface area contributed by atoms with Crippen LogP contribution in [-0.2, 0) is 11.2 Å². The smallest absolute Gasteiger partial charge is 0.319 e. The first-order chi connectivity index (χ1) is 18.4. The van der Waals surface area contributed by atoms with Gasteiger partial charge in [-0.2, -0.15) is 0 Å². The predicted octanol–water partition coefficient (Wildman–Crippen LogP) is 5.67. The molecule has 0 saturated heterocycles. The van der Waals surface area contributed by atoms with E-state index in [0.29, 0.717) is 59.0 Å². The van der Waals surface area contributed by atoms with Gasteiger partial charge in [-0.05, 0) is 60.9 Å². The van der Waals surface area contributed by atoms with E-state index in [1.807, 2.05) is 6.92 Å². The van der Waals surface area contributed by atoms with Crippen LogP contribution in [0.25, 0.3) is 10.9 Å². The van der Waals surface area contributed by atoms with Crippen LogP contribution >= 0.6 is 0 Å². The summed E-state index contributed by atoms with van der Waals surface area (Å²) >= 11 is 0. The third kappa shape index (κ3) is 6.94. The van der Waals surface area contributed by atoms with Gasteiger partial charge in [0.15, 0.2) is 0 Å². The Morgan fingerprint density at radius 1 is 0.974 bits per heavy atom. The number of carbonyl (C=O) groups excluding carboxylic acids is 2. The highest BCUT2D eigenvalue weighted by Gasteiger charge is 2.14. The molecule has 9 nitrogen and oxygen atoms in total. The number of halogens is 1. The number of fused-ring (bicyclic) bond motifs is 1. The van der Waals surface area contributed by atoms with Crippen molar-refractivity contribution in [1.82, 2.24) is 15.3 Å². The Bertz CT molecular complexity index is 1410. The fraction of sp³-hybridized carbons (Fsp3) is 0.214. The number of nitrogens with zero attached hydrogens (tertiary/aromatic N) is 2. The van der Waals surface area contributed by atoms with Crippen molar-refractivity contribution in [2.24, 2.45) is 0 Å². The minimum Gasteiger partial charge on any atom is -0.494 e. The second kappa shape index (κ2) is 12.5. The number of hydrogen-bond acceptors (Lipinski definition) is 6. The van der Waals surface area contributed by atoms with Gasteiger partial charge in [-0.1, -0.05) is 19.1 Å². The highest BCUT2D eigenvalue weighted by Crippen LogP contribution is 2.34. The molecule has 3 N–H and O–H groups in total. The van der Waals surface area contributed by atoms with Gasteiger partial charge < -0.3 is 25.4 Å². The molecule has 4 aromatic rings. The fourth-order valence-electron chi connectivity index (χ4n) is 3.71. The van der Waals surface area contributed by atoms with Gasteiger partial charge in [-0.3, -0.25) is 4.79 Å². The molecule has 0 fully saturated rings. The van der Waals surface area contributed by atoms with Gasteiger partial charge in [0.1, 0.15) is 23.6 Å². The van der Waals surface area contributed by atoms with Gasteiger partial charge in [-0.15, -0.1) is 0 Å². The number of rotatable bonds is 10. The molecule has 0 spiro atoms. The van der Waals surface area contributed by atoms with Crippen LogP contribution in [0.4, 0.5) is 20.6 Å². The van der Waals surface area contributed by atoms with Crippen LogP contribution in [0.3, 0.4) is 0 Å². The van der Waals surface area contributed by atoms with Crippen LogP contribution in [0, 0.1) is 5.82 Å². The molecule has 10 heteroatoms. The number of urea groups is 1. The summed E-state index contributed by atoms with van der Waals surface area (Å²) in [5.41, 5.74) is 2.60. The molecule has 0 radical (unpaired) electrons. The lowest BCUT2D eigenvalue weighted by atomic mass is 10.1. The van der Waals surface area contributed by atoms with Crippen molar-refractivity contribution in [3.05, 3.63) is 78.4 Å². The number of nitrogens with one attached hydrogen (secondary N) is 3. The van der Waals surface area contributed by atoms with Crippen molar-refractivity contribution in [2.75, 3.05) is 24.3 Å². The second-order valence-electron chi connectivity index (χ2n) is 8.43. The van der Waals surface area contributed by atoms with Crippen LogP contribution in [0.15, 0.2) is 67.0 Å². The second-order valence-corrected chi connectivity index (χ2v) is 8.43. The van der Waals surface area contributed by atoms with E-state index in [1.165, 1.54) is 25.6 Å². The van der Waals surface area contributed by atoms with E-state index in [0.717, 1.165) is 12.0 Å². The van der Waals surface area contributed by atoms with E-state index in [4.69, 9.17) is 9.47 Å². The zero-order valence-electron chi connectivity index (χ0n) is 21.1. The van der Waals surface area contributed by atoms with Gasteiger partial charge in [0, 0.05) is 24.7 Å². The van der Waals surface area contributed by atoms with E-state index < -0.39 is 0 Å². The van der Waals surface area contributed by atoms with Crippen LogP contribution < -0.4 is 25.4 Å². The van der Waals surface area contributed by atoms with Gasteiger partial charge in [0.05, 0.1) is 23.7 Å². The first kappa shape index (κ1) is 26.3. The van der Waals surface area contributed by atoms with Crippen LogP contribution in [0.1, 0.15) is 25.3 Å². The molecular weight excluding hydrogens is 489 g/mol. The largest absolute Gasteiger partial charge is 0.494 e. The highest BCUT2D eigenvalue weighted by molar-refractivity contribution is 5.97. The van der Waals surface area contributed by atoms with Crippen LogP contribution in [0.2, 0.25) is 0 Å². The van der Waals surface area contributed by atoms with E-state index >= 15 is 0 Å². The molecule has 0 atom stereocenters. The van der Waals surface area contributed by atoms with E-state index in [2.05, 4.69) is 25.9 Å². The maximum absolute atomic E-state index is 13.0. The number of benzene rings is 3. The fourth-order valence-corrected chi connectivity index (χ4v) is 3.71. The molecule has 0 saturated carbocycles. The van der Waals surface area contributed by atoms with Crippen molar-refractivity contribution < 1.29 is 23.5 Å². The van der Waals surface area contributed by atoms with Crippen molar-refractivity contribution in [3.8, 4) is 17.4 Å². The first-order valence-electron chi connectivity index (χ1n) is 12.1. The molecule has 38 heavy (non-hydrogen) atoms. The summed E-state index contributed by atoms with van der Waals surface area (Å²) in [7, 11) is 1.52. The number of aromatic nitrogens is 2. The maximum atomic E-state index is 13.0. The summed E-state index contributed by atoms with van der Waals surface area (Å²) in [5.74, 6) is 0.883. The Morgan fingerprint density at radius 3 is 2.45 bits per heavy atom. The van der Waals surface area contributed by atoms with Gasteiger partial charge >= 0.3 is 6.03 Å². The number of ether oxygens (including phenoxy) is 2. The molecule has 1 aromatic heterocycles. The third-order valence-corrected chi connectivity index (χ3v) is 5.61. The third-order valence-electron chi connectivity index (χ3n) is 5.61. The van der Waals surface area contributed by atoms with Gasteiger partial charge in [-0.25, -0.2) is 19.2 Å². The Balaban J connectivity index is 1.40. The van der Waals surface area contributed by atoms with Crippen molar-refractivity contribution in [3.63, 3.8) is 0 Å². The molecule has 1 heterocycles. The lowest BCUT2D eigenvalue weighted by Crippen LogP contribution is -2.30. The number of anilines is 2. The lowest BCUT2D eigenvalue weighted by Gasteiger charge is -2.13. The quantitative estimate of drug-likeness (QED) is 0.250. The van der Waals surface area contributed by atoms with Crippen molar-refractivity contribution in [1.29, 1.82) is 0 Å². The topological polar surface area (TPSA) is 114 Å². The molecule has 0 bridgehead atoms. The Morgan fingerprint density at radius 2 is 1.74 bits per heavy atom. The number of carbonyl (C=O) groups is 2. The molecule has 0 aliphatic carbocycles. The zero-order valence-corrected chi connectivity index (χ0v) is 21.1. The average Bonchev–Trinajstić information content (AvgIpc) is 2.91. The van der Waals surface area contributed by atoms with Gasteiger partial charge in [0.25, 0.3) is 0 Å². The van der Waals surface area contributed by atoms with Crippen molar-refractivity contribution in [2.45, 2.75) is 26.2 Å². The van der Waals surface area contributed by atoms with E-state index in [-0.39, 0.29) is 17.8 Å². The molecular formula is C28H28FN5O4. The molecule has 0 aliphatic rings. The van der Waals surface area contributed by atoms with Crippen LogP contribution in [0.5, 0.6) is 17.4 Å². The maximum Gasteiger partial charge on any atom is 0.319 e. The molecule has 0 unspecified atom stereocenters. The normalized spacial score (nSPS) is 10.6. The Kier molecular flexibility index (Phi) is 8.65. The summed E-state index contributed by atoms with van der Waals surface area (Å²) in [5, 5.41) is 8.99. The van der Waals surface area contributed by atoms with Crippen LogP contribution in [-0.4, -0.2) is 35.6 Å². The standard InChI is InChI=1S/C28H28FN5O4/c1-3-4-26(35)34-24-15-22-23(16-25(24)37-2)31-17-32-27(22)38-21-11-9-20(10-12-21)33-28(36)30-14-13-18-5-7-19(29)8-6-18/h5-12,15-17H,3-4,13-14H2,1-2H3,(H,34,35)(H2,30,33,36). The van der Waals surface area contributed by atoms with Gasteiger partial charge in [0.2, 0.25) is 11.8 Å². The van der Waals surface area contributed by atoms with E-state index in [1.54, 1.807) is 48.5 Å². The predicted molar refractivity (Wildman–Crippen MR) is 143 cm³/mol. The summed E-state index contributed by atoms with van der Waals surface area (Å²) < 4.78 is 24.4. The molecule has 4 rings (SSSR count). The summed E-state index contributed by atoms with van der Waals surface area (Å²) in [6, 6.07) is 16.1. The minimum atomic E-state index is -0.353. The molecule has 196 valence electrons. The number of hydrogen-bond donors (Lipinski definition) is 3. The Hall–Kier alpha value is -4.73. The summed E-state index contributed by atoms with van der Waals surface area (Å²) in [6.45, 7) is 2.34. The monoisotopic (exact) mass is 517 g/mol. The first-order valence-corrected chi connectivity index (χ1v) is 12.1. The SMILES string of the molecule is CCCC(=O)Nc1cc2c(Oc3ccc(NC(=O)NCCc4ccc(F)cc4)cc3)ncnc2cc1OC. The molecule has 0 aliphatic heterocycles. The minimum absolute atomic E-state index is 0.118. The number of methoxy groups -OCH3 is 1. The molecule has 3 aromatic carbocycles. The number of amides is 3. The average molecular weight is 518 g/mol. The lowest BCUT2D eigenvalue weighted by molar-refractivity contribution is -0.116. The highest BCUT2D eigenvalue weighted by atomic mass is 19.1. The molecule has 3 amide bonds. The Labute approximate surface area is 219 Å². The summed E-state index contributed by atoms with van der Waals surface area (Å²) in [6.07, 6.45) is 3.09. The van der Waals surface area contributed by atoms with E-state index in [9.17, 15) is 14.0 Å². The summed E-state index contributed by atoms with van der Waals surface area (Å²) in [4.78, 5) is 32.9. The van der Waals surface area contributed by atoms with Crippen molar-refractivity contribution >= 4 is 34.2 Å².